The van der Waals surface area contributed by atoms with Crippen LogP contribution >= 0.6 is 11.6 Å². The highest BCUT2D eigenvalue weighted by Crippen LogP contribution is 2.22. The third kappa shape index (κ3) is 3.20. The first-order valence-electron chi connectivity index (χ1n) is 6.74. The fraction of sp³-hybridized carbons (Fsp3) is 0.538. The molecule has 4 N–H and O–H groups in total. The van der Waals surface area contributed by atoms with Gasteiger partial charge in [0.1, 0.15) is 0 Å². The maximum Gasteiger partial charge on any atom is 0.267 e. The number of anilines is 1. The van der Waals surface area contributed by atoms with Crippen molar-refractivity contribution in [1.82, 2.24) is 15.4 Å². The van der Waals surface area contributed by atoms with Gasteiger partial charge in [-0.2, -0.15) is 0 Å². The average Bonchev–Trinajstić information content (AvgIpc) is 2.42. The minimum Gasteiger partial charge on any atom is -0.307 e. The minimum absolute atomic E-state index is 0.205. The van der Waals surface area contributed by atoms with Crippen molar-refractivity contribution in [3.05, 3.63) is 22.8 Å². The van der Waals surface area contributed by atoms with E-state index in [1.807, 2.05) is 5.01 Å². The normalized spacial score (nSPS) is 23.4. The molecule has 0 radical (unpaired) electrons. The summed E-state index contributed by atoms with van der Waals surface area (Å²) in [6, 6.07) is 2.21. The van der Waals surface area contributed by atoms with Crippen LogP contribution < -0.4 is 16.7 Å². The fourth-order valence-corrected chi connectivity index (χ4v) is 2.71. The number of hydrogen-bond acceptors (Lipinski definition) is 5. The largest absolute Gasteiger partial charge is 0.307 e. The van der Waals surface area contributed by atoms with Gasteiger partial charge >= 0.3 is 0 Å². The number of pyridine rings is 1. The SMILES string of the molecule is CC1CCCC(C)N1NC(=O)c1cnc(NN)c(Cl)c1. The summed E-state index contributed by atoms with van der Waals surface area (Å²) < 4.78 is 0. The van der Waals surface area contributed by atoms with Gasteiger partial charge in [0.25, 0.3) is 5.91 Å². The van der Waals surface area contributed by atoms with Crippen LogP contribution in [-0.2, 0) is 0 Å². The predicted molar refractivity (Wildman–Crippen MR) is 79.1 cm³/mol. The molecule has 110 valence electrons. The van der Waals surface area contributed by atoms with Gasteiger partial charge in [0.05, 0.1) is 10.6 Å². The van der Waals surface area contributed by atoms with E-state index in [0.717, 1.165) is 12.8 Å². The fourth-order valence-electron chi connectivity index (χ4n) is 2.49. The lowest BCUT2D eigenvalue weighted by Gasteiger charge is -2.38. The van der Waals surface area contributed by atoms with Gasteiger partial charge in [0.15, 0.2) is 5.82 Å². The van der Waals surface area contributed by atoms with Crippen LogP contribution in [0.1, 0.15) is 43.5 Å². The van der Waals surface area contributed by atoms with Crippen LogP contribution in [0.25, 0.3) is 0 Å². The molecule has 1 aliphatic rings. The van der Waals surface area contributed by atoms with Gasteiger partial charge in [-0.1, -0.05) is 18.0 Å². The Bertz CT molecular complexity index is 486. The van der Waals surface area contributed by atoms with Crippen LogP contribution in [0.3, 0.4) is 0 Å². The molecule has 1 aromatic rings. The quantitative estimate of drug-likeness (QED) is 0.586. The Morgan fingerprint density at radius 2 is 2.10 bits per heavy atom. The highest BCUT2D eigenvalue weighted by molar-refractivity contribution is 6.33. The maximum absolute atomic E-state index is 12.3. The van der Waals surface area contributed by atoms with Crippen LogP contribution in [0, 0.1) is 0 Å². The number of aromatic nitrogens is 1. The molecule has 20 heavy (non-hydrogen) atoms. The second-order valence-electron chi connectivity index (χ2n) is 5.18. The van der Waals surface area contributed by atoms with E-state index in [4.69, 9.17) is 17.4 Å². The van der Waals surface area contributed by atoms with Gasteiger partial charge < -0.3 is 5.43 Å². The predicted octanol–water partition coefficient (Wildman–Crippen LogP) is 1.93. The molecule has 1 saturated heterocycles. The smallest absolute Gasteiger partial charge is 0.267 e. The van der Waals surface area contributed by atoms with Crippen molar-refractivity contribution in [3.63, 3.8) is 0 Å². The van der Waals surface area contributed by atoms with Gasteiger partial charge in [-0.15, -0.1) is 0 Å². The topological polar surface area (TPSA) is 83.3 Å². The first-order valence-corrected chi connectivity index (χ1v) is 7.12. The van der Waals surface area contributed by atoms with Crippen LogP contribution in [-0.4, -0.2) is 28.0 Å². The van der Waals surface area contributed by atoms with Gasteiger partial charge in [0, 0.05) is 18.3 Å². The van der Waals surface area contributed by atoms with Crippen molar-refractivity contribution in [2.75, 3.05) is 5.43 Å². The number of rotatable bonds is 3. The molecule has 1 aromatic heterocycles. The number of nitrogens with zero attached hydrogens (tertiary/aromatic N) is 2. The lowest BCUT2D eigenvalue weighted by Crippen LogP contribution is -2.54. The number of carbonyl (C=O) groups excluding carboxylic acids is 1. The molecule has 1 aliphatic heterocycles. The molecule has 1 amide bonds. The number of hydrazine groups is 2. The van der Waals surface area contributed by atoms with E-state index in [1.165, 1.54) is 12.6 Å². The maximum atomic E-state index is 12.3. The molecule has 2 atom stereocenters. The zero-order valence-electron chi connectivity index (χ0n) is 11.7. The Balaban J connectivity index is 2.09. The Labute approximate surface area is 123 Å². The summed E-state index contributed by atoms with van der Waals surface area (Å²) >= 11 is 5.98. The number of amides is 1. The minimum atomic E-state index is -0.205. The molecular formula is C13H20ClN5O. The zero-order valence-corrected chi connectivity index (χ0v) is 12.4. The summed E-state index contributed by atoms with van der Waals surface area (Å²) in [6.45, 7) is 4.23. The second-order valence-corrected chi connectivity index (χ2v) is 5.58. The molecule has 0 bridgehead atoms. The summed E-state index contributed by atoms with van der Waals surface area (Å²) in [4.78, 5) is 16.3. The molecule has 0 saturated carbocycles. The summed E-state index contributed by atoms with van der Waals surface area (Å²) in [5.74, 6) is 5.40. The first-order chi connectivity index (χ1) is 9.52. The second kappa shape index (κ2) is 6.39. The number of piperidine rings is 1. The van der Waals surface area contributed by atoms with Gasteiger partial charge in [-0.25, -0.2) is 15.8 Å². The number of nitrogen functional groups attached to an aromatic ring is 1. The Kier molecular flexibility index (Phi) is 4.80. The molecule has 0 spiro atoms. The molecule has 0 aliphatic carbocycles. The molecular weight excluding hydrogens is 278 g/mol. The summed E-state index contributed by atoms with van der Waals surface area (Å²) in [5.41, 5.74) is 5.73. The Morgan fingerprint density at radius 3 is 2.65 bits per heavy atom. The summed E-state index contributed by atoms with van der Waals surface area (Å²) in [7, 11) is 0. The zero-order chi connectivity index (χ0) is 14.7. The van der Waals surface area contributed by atoms with Crippen molar-refractivity contribution in [2.24, 2.45) is 5.84 Å². The van der Waals surface area contributed by atoms with Crippen LogP contribution in [0.15, 0.2) is 12.3 Å². The summed E-state index contributed by atoms with van der Waals surface area (Å²) in [5, 5.41) is 2.33. The number of nitrogens with one attached hydrogen (secondary N) is 2. The van der Waals surface area contributed by atoms with Crippen LogP contribution in [0.2, 0.25) is 5.02 Å². The van der Waals surface area contributed by atoms with E-state index in [9.17, 15) is 4.79 Å². The highest BCUT2D eigenvalue weighted by atomic mass is 35.5. The Morgan fingerprint density at radius 1 is 1.45 bits per heavy atom. The van der Waals surface area contributed by atoms with Crippen LogP contribution in [0.4, 0.5) is 5.82 Å². The van der Waals surface area contributed by atoms with Crippen molar-refractivity contribution in [1.29, 1.82) is 0 Å². The lowest BCUT2D eigenvalue weighted by atomic mass is 10.00. The molecule has 0 aromatic carbocycles. The van der Waals surface area contributed by atoms with Crippen molar-refractivity contribution in [3.8, 4) is 0 Å². The Hall–Kier alpha value is -1.37. The van der Waals surface area contributed by atoms with Gasteiger partial charge in [-0.3, -0.25) is 10.2 Å². The third-order valence-corrected chi connectivity index (χ3v) is 3.95. The number of halogens is 1. The van der Waals surface area contributed by atoms with Gasteiger partial charge in [0.2, 0.25) is 0 Å². The molecule has 6 nitrogen and oxygen atoms in total. The van der Waals surface area contributed by atoms with Crippen molar-refractivity contribution in [2.45, 2.75) is 45.2 Å². The monoisotopic (exact) mass is 297 g/mol. The van der Waals surface area contributed by atoms with E-state index >= 15 is 0 Å². The van der Waals surface area contributed by atoms with Crippen molar-refractivity contribution < 1.29 is 4.79 Å². The van der Waals surface area contributed by atoms with E-state index in [2.05, 4.69) is 29.7 Å². The van der Waals surface area contributed by atoms with E-state index in [-0.39, 0.29) is 5.91 Å². The molecule has 2 heterocycles. The summed E-state index contributed by atoms with van der Waals surface area (Å²) in [6.07, 6.45) is 4.81. The number of hydrogen-bond donors (Lipinski definition) is 3. The average molecular weight is 298 g/mol. The standard InChI is InChI=1S/C13H20ClN5O/c1-8-4-3-5-9(2)19(8)18-13(20)10-6-11(14)12(17-15)16-7-10/h6-9H,3-5,15H2,1-2H3,(H,16,17)(H,18,20). The molecule has 2 unspecified atom stereocenters. The molecule has 2 rings (SSSR count). The third-order valence-electron chi connectivity index (χ3n) is 3.66. The molecule has 7 heteroatoms. The van der Waals surface area contributed by atoms with Crippen LogP contribution in [0.5, 0.6) is 0 Å². The van der Waals surface area contributed by atoms with E-state index in [0.29, 0.717) is 28.5 Å². The number of carbonyl (C=O) groups is 1. The first kappa shape index (κ1) is 15.0. The molecule has 1 fully saturated rings. The highest BCUT2D eigenvalue weighted by Gasteiger charge is 2.26. The van der Waals surface area contributed by atoms with Crippen molar-refractivity contribution >= 4 is 23.3 Å². The van der Waals surface area contributed by atoms with E-state index < -0.39 is 0 Å². The van der Waals surface area contributed by atoms with E-state index in [1.54, 1.807) is 6.07 Å². The van der Waals surface area contributed by atoms with Gasteiger partial charge in [-0.05, 0) is 32.8 Å². The lowest BCUT2D eigenvalue weighted by molar-refractivity contribution is 0.0369. The number of nitrogens with two attached hydrogens (primary N) is 1.